The van der Waals surface area contributed by atoms with Gasteiger partial charge in [-0.15, -0.1) is 0 Å². The summed E-state index contributed by atoms with van der Waals surface area (Å²) in [6.07, 6.45) is 4.10. The van der Waals surface area contributed by atoms with Gasteiger partial charge in [0.05, 0.1) is 19.0 Å². The summed E-state index contributed by atoms with van der Waals surface area (Å²) >= 11 is 0.996. The van der Waals surface area contributed by atoms with Crippen LogP contribution in [0.4, 0.5) is 0 Å². The molecule has 0 heterocycles. The van der Waals surface area contributed by atoms with Gasteiger partial charge in [0.15, 0.2) is 0 Å². The van der Waals surface area contributed by atoms with Crippen LogP contribution in [0.15, 0.2) is 0 Å². The van der Waals surface area contributed by atoms with Crippen LogP contribution < -0.4 is 0 Å². The Balaban J connectivity index is 4.46. The van der Waals surface area contributed by atoms with Crippen molar-refractivity contribution in [3.05, 3.63) is 0 Å². The molecule has 21 heavy (non-hydrogen) atoms. The molecule has 126 valence electrons. The molecule has 1 amide bonds. The molecule has 0 spiro atoms. The molecule has 0 atom stereocenters. The van der Waals surface area contributed by atoms with E-state index in [4.69, 9.17) is 9.05 Å². The van der Waals surface area contributed by atoms with Crippen LogP contribution in [-0.4, -0.2) is 42.9 Å². The van der Waals surface area contributed by atoms with Gasteiger partial charge < -0.3 is 13.9 Å². The number of carbonyl (C=O) groups is 1. The monoisotopic (exact) mass is 339 g/mol. The molecule has 0 aliphatic heterocycles. The lowest BCUT2D eigenvalue weighted by atomic mass is 10.2. The van der Waals surface area contributed by atoms with Crippen molar-refractivity contribution in [3.63, 3.8) is 0 Å². The fraction of sp³-hybridized carbons (Fsp3) is 0.929. The van der Waals surface area contributed by atoms with Crippen molar-refractivity contribution in [1.82, 2.24) is 4.90 Å². The number of unbranched alkanes of at least 4 members (excludes halogenated alkanes) is 2. The van der Waals surface area contributed by atoms with Crippen LogP contribution in [0.3, 0.4) is 0 Å². The molecule has 0 aliphatic carbocycles. The number of hydrogen-bond acceptors (Lipinski definition) is 5. The average Bonchev–Trinajstić information content (AvgIpc) is 2.45. The normalized spacial score (nSPS) is 11.6. The third kappa shape index (κ3) is 9.56. The van der Waals surface area contributed by atoms with Gasteiger partial charge in [-0.25, -0.2) is 4.57 Å². The van der Waals surface area contributed by atoms with E-state index in [1.165, 1.54) is 0 Å². The molecule has 0 saturated heterocycles. The van der Waals surface area contributed by atoms with Crippen molar-refractivity contribution in [2.45, 2.75) is 53.4 Å². The molecular formula is C14H30NO4PS. The number of amides is 1. The quantitative estimate of drug-likeness (QED) is 0.468. The van der Waals surface area contributed by atoms with Gasteiger partial charge in [0.25, 0.3) is 0 Å². The van der Waals surface area contributed by atoms with Crippen LogP contribution in [0.25, 0.3) is 0 Å². The molecule has 0 N–H and O–H groups in total. The van der Waals surface area contributed by atoms with Gasteiger partial charge in [-0.1, -0.05) is 26.7 Å². The predicted octanol–water partition coefficient (Wildman–Crippen LogP) is 4.33. The largest absolute Gasteiger partial charge is 0.389 e. The highest BCUT2D eigenvalue weighted by atomic mass is 32.7. The Kier molecular flexibility index (Phi) is 12.5. The lowest BCUT2D eigenvalue weighted by molar-refractivity contribution is -0.128. The summed E-state index contributed by atoms with van der Waals surface area (Å²) in [5.74, 6) is 0.159. The first-order chi connectivity index (χ1) is 10.0. The Hall–Kier alpha value is -0.0300. The van der Waals surface area contributed by atoms with E-state index < -0.39 is 6.80 Å². The van der Waals surface area contributed by atoms with Gasteiger partial charge in [-0.05, 0) is 38.1 Å². The molecule has 0 aromatic carbocycles. The molecule has 0 fully saturated rings. The molecule has 0 saturated carbocycles. The Morgan fingerprint density at radius 2 is 1.48 bits per heavy atom. The lowest BCUT2D eigenvalue weighted by Gasteiger charge is -2.23. The Morgan fingerprint density at radius 1 is 1.00 bits per heavy atom. The first-order valence-electron chi connectivity index (χ1n) is 7.84. The van der Waals surface area contributed by atoms with E-state index in [9.17, 15) is 9.36 Å². The van der Waals surface area contributed by atoms with E-state index >= 15 is 0 Å². The van der Waals surface area contributed by atoms with Crippen LogP contribution in [0.1, 0.15) is 53.4 Å². The van der Waals surface area contributed by atoms with Crippen molar-refractivity contribution >= 4 is 24.1 Å². The van der Waals surface area contributed by atoms with Gasteiger partial charge in [-0.2, -0.15) is 0 Å². The topological polar surface area (TPSA) is 55.8 Å². The van der Waals surface area contributed by atoms with Crippen LogP contribution in [0.5, 0.6) is 0 Å². The first kappa shape index (κ1) is 21.0. The number of hydrogen-bond donors (Lipinski definition) is 0. The third-order valence-electron chi connectivity index (χ3n) is 2.84. The summed E-state index contributed by atoms with van der Waals surface area (Å²) in [6.45, 7) is 6.71. The molecule has 0 rings (SSSR count). The fourth-order valence-electron chi connectivity index (χ4n) is 1.71. The minimum Gasteiger partial charge on any atom is -0.342 e. The summed E-state index contributed by atoms with van der Waals surface area (Å²) in [7, 11) is 0. The molecule has 0 aromatic rings. The lowest BCUT2D eigenvalue weighted by Crippen LogP contribution is -2.34. The summed E-state index contributed by atoms with van der Waals surface area (Å²) in [5.41, 5.74) is 0. The molecular weight excluding hydrogens is 309 g/mol. The predicted molar refractivity (Wildman–Crippen MR) is 89.7 cm³/mol. The van der Waals surface area contributed by atoms with Gasteiger partial charge in [0, 0.05) is 13.1 Å². The van der Waals surface area contributed by atoms with Gasteiger partial charge in [-0.3, -0.25) is 4.79 Å². The van der Waals surface area contributed by atoms with Crippen LogP contribution in [0.2, 0.25) is 0 Å². The van der Waals surface area contributed by atoms with Gasteiger partial charge >= 0.3 is 6.80 Å². The highest BCUT2D eigenvalue weighted by molar-refractivity contribution is 8.55. The minimum absolute atomic E-state index is 0.0153. The molecule has 7 heteroatoms. The van der Waals surface area contributed by atoms with Crippen LogP contribution >= 0.6 is 18.2 Å². The number of nitrogens with zero attached hydrogens (tertiary/aromatic N) is 1. The summed E-state index contributed by atoms with van der Waals surface area (Å²) in [4.78, 5) is 14.1. The second kappa shape index (κ2) is 12.5. The zero-order chi connectivity index (χ0) is 16.1. The molecule has 0 bridgehead atoms. The SMILES string of the molecule is CCCCN(CCCC)C(=O)CSP(=O)(OCC)OCC. The minimum atomic E-state index is -3.20. The highest BCUT2D eigenvalue weighted by Gasteiger charge is 2.27. The van der Waals surface area contributed by atoms with Crippen molar-refractivity contribution in [2.24, 2.45) is 0 Å². The van der Waals surface area contributed by atoms with Crippen LogP contribution in [-0.2, 0) is 18.4 Å². The smallest absolute Gasteiger partial charge is 0.342 e. The molecule has 0 aromatic heterocycles. The van der Waals surface area contributed by atoms with Crippen molar-refractivity contribution in [3.8, 4) is 0 Å². The molecule has 0 radical (unpaired) electrons. The summed E-state index contributed by atoms with van der Waals surface area (Å²) in [6, 6.07) is 0. The van der Waals surface area contributed by atoms with Crippen LogP contribution in [0, 0.1) is 0 Å². The second-order valence-electron chi connectivity index (χ2n) is 4.64. The van der Waals surface area contributed by atoms with Gasteiger partial charge in [0.2, 0.25) is 5.91 Å². The Labute approximate surface area is 133 Å². The van der Waals surface area contributed by atoms with Crippen molar-refractivity contribution < 1.29 is 18.4 Å². The van der Waals surface area contributed by atoms with E-state index in [-0.39, 0.29) is 11.7 Å². The van der Waals surface area contributed by atoms with E-state index in [1.54, 1.807) is 13.8 Å². The number of carbonyl (C=O) groups excluding carboxylic acids is 1. The maximum Gasteiger partial charge on any atom is 0.389 e. The standard InChI is InChI=1S/C14H30NO4PS/c1-5-9-11-15(12-10-6-2)14(16)13-21-20(17,18-7-3)19-8-4/h5-13H2,1-4H3. The maximum absolute atomic E-state index is 12.3. The number of rotatable bonds is 13. The van der Waals surface area contributed by atoms with E-state index in [2.05, 4.69) is 13.8 Å². The fourth-order valence-corrected chi connectivity index (χ4v) is 4.91. The molecule has 0 aliphatic rings. The summed E-state index contributed by atoms with van der Waals surface area (Å²) in [5, 5.41) is 0. The van der Waals surface area contributed by atoms with E-state index in [1.807, 2.05) is 4.90 Å². The van der Waals surface area contributed by atoms with E-state index in [0.717, 1.165) is 50.2 Å². The molecule has 0 unspecified atom stereocenters. The van der Waals surface area contributed by atoms with Crippen molar-refractivity contribution in [2.75, 3.05) is 32.1 Å². The maximum atomic E-state index is 12.3. The highest BCUT2D eigenvalue weighted by Crippen LogP contribution is 2.60. The second-order valence-corrected chi connectivity index (χ2v) is 8.72. The Bertz CT molecular complexity index is 310. The Morgan fingerprint density at radius 3 is 1.86 bits per heavy atom. The summed E-state index contributed by atoms with van der Waals surface area (Å²) < 4.78 is 22.7. The zero-order valence-electron chi connectivity index (χ0n) is 13.8. The van der Waals surface area contributed by atoms with Crippen molar-refractivity contribution in [1.29, 1.82) is 0 Å². The zero-order valence-corrected chi connectivity index (χ0v) is 15.5. The van der Waals surface area contributed by atoms with E-state index in [0.29, 0.717) is 13.2 Å². The van der Waals surface area contributed by atoms with Gasteiger partial charge in [0.1, 0.15) is 0 Å². The first-order valence-corrected chi connectivity index (χ1v) is 11.0. The molecule has 5 nitrogen and oxygen atoms in total. The average molecular weight is 339 g/mol. The third-order valence-corrected chi connectivity index (χ3v) is 6.65.